The zero-order valence-corrected chi connectivity index (χ0v) is 9.92. The second kappa shape index (κ2) is 3.19. The van der Waals surface area contributed by atoms with Crippen LogP contribution in [0, 0.1) is 6.92 Å². The fourth-order valence-corrected chi connectivity index (χ4v) is 2.26. The summed E-state index contributed by atoms with van der Waals surface area (Å²) in [6, 6.07) is 0. The van der Waals surface area contributed by atoms with Crippen LogP contribution in [0.15, 0.2) is 0 Å². The summed E-state index contributed by atoms with van der Waals surface area (Å²) < 4.78 is 2.02. The van der Waals surface area contributed by atoms with Crippen LogP contribution in [0.2, 0.25) is 0 Å². The van der Waals surface area contributed by atoms with E-state index in [-0.39, 0.29) is 11.3 Å². The van der Waals surface area contributed by atoms with Gasteiger partial charge in [0.05, 0.1) is 22.5 Å². The number of ketones is 1. The molecule has 0 radical (unpaired) electrons. The van der Waals surface area contributed by atoms with Gasteiger partial charge in [-0.2, -0.15) is 5.10 Å². The van der Waals surface area contributed by atoms with Gasteiger partial charge < -0.3 is 0 Å². The summed E-state index contributed by atoms with van der Waals surface area (Å²) in [5, 5.41) is 4.51. The Labute approximate surface area is 90.5 Å². The van der Waals surface area contributed by atoms with E-state index in [2.05, 4.69) is 25.9 Å². The highest BCUT2D eigenvalue weighted by Gasteiger charge is 2.28. The van der Waals surface area contributed by atoms with E-state index in [1.54, 1.807) is 0 Å². The van der Waals surface area contributed by atoms with Gasteiger partial charge in [-0.1, -0.05) is 0 Å². The standard InChI is InChI=1S/C12H18N2O/c1-8-11-9(6-5-7-10(11)15)14(13-8)12(2,3)4/h5-7H2,1-4H3. The normalized spacial score (nSPS) is 16.7. The first kappa shape index (κ1) is 10.4. The number of nitrogens with zero attached hydrogens (tertiary/aromatic N) is 2. The van der Waals surface area contributed by atoms with Crippen molar-refractivity contribution in [1.82, 2.24) is 9.78 Å². The zero-order chi connectivity index (χ0) is 11.2. The fraction of sp³-hybridized carbons (Fsp3) is 0.667. The van der Waals surface area contributed by atoms with Gasteiger partial charge in [0.25, 0.3) is 0 Å². The largest absolute Gasteiger partial charge is 0.294 e. The first-order valence-corrected chi connectivity index (χ1v) is 5.53. The molecule has 0 saturated carbocycles. The third-order valence-corrected chi connectivity index (χ3v) is 2.89. The second-order valence-electron chi connectivity index (χ2n) is 5.27. The molecule has 0 amide bonds. The lowest BCUT2D eigenvalue weighted by Gasteiger charge is -2.24. The Hall–Kier alpha value is -1.12. The van der Waals surface area contributed by atoms with Gasteiger partial charge in [0.1, 0.15) is 0 Å². The molecule has 0 unspecified atom stereocenters. The maximum atomic E-state index is 11.8. The molecule has 1 aliphatic carbocycles. The Kier molecular flexibility index (Phi) is 2.21. The summed E-state index contributed by atoms with van der Waals surface area (Å²) in [6.45, 7) is 8.31. The third kappa shape index (κ3) is 1.60. The lowest BCUT2D eigenvalue weighted by atomic mass is 9.94. The van der Waals surface area contributed by atoms with Crippen LogP contribution in [-0.2, 0) is 12.0 Å². The summed E-state index contributed by atoms with van der Waals surface area (Å²) in [7, 11) is 0. The van der Waals surface area contributed by atoms with Crippen LogP contribution in [0.1, 0.15) is 55.4 Å². The first-order valence-electron chi connectivity index (χ1n) is 5.53. The molecule has 3 nitrogen and oxygen atoms in total. The molecule has 1 aromatic rings. The Bertz CT molecular complexity index is 410. The highest BCUT2D eigenvalue weighted by atomic mass is 16.1. The molecule has 82 valence electrons. The van der Waals surface area contributed by atoms with E-state index in [9.17, 15) is 4.79 Å². The Morgan fingerprint density at radius 2 is 1.93 bits per heavy atom. The van der Waals surface area contributed by atoms with Gasteiger partial charge in [0.15, 0.2) is 5.78 Å². The van der Waals surface area contributed by atoms with Crippen molar-refractivity contribution in [3.8, 4) is 0 Å². The van der Waals surface area contributed by atoms with Crippen LogP contribution >= 0.6 is 0 Å². The monoisotopic (exact) mass is 206 g/mol. The van der Waals surface area contributed by atoms with Crippen LogP contribution in [0.25, 0.3) is 0 Å². The summed E-state index contributed by atoms with van der Waals surface area (Å²) in [4.78, 5) is 11.8. The van der Waals surface area contributed by atoms with E-state index in [0.717, 1.165) is 29.8 Å². The van der Waals surface area contributed by atoms with E-state index in [0.29, 0.717) is 6.42 Å². The van der Waals surface area contributed by atoms with Crippen molar-refractivity contribution >= 4 is 5.78 Å². The molecule has 1 aliphatic rings. The molecule has 1 aromatic heterocycles. The molecular weight excluding hydrogens is 188 g/mol. The minimum absolute atomic E-state index is 0.0318. The van der Waals surface area contributed by atoms with Crippen LogP contribution in [-0.4, -0.2) is 15.6 Å². The number of hydrogen-bond donors (Lipinski definition) is 0. The van der Waals surface area contributed by atoms with Gasteiger partial charge in [0, 0.05) is 6.42 Å². The molecule has 0 bridgehead atoms. The minimum Gasteiger partial charge on any atom is -0.294 e. The Morgan fingerprint density at radius 3 is 2.53 bits per heavy atom. The van der Waals surface area contributed by atoms with Gasteiger partial charge in [-0.15, -0.1) is 0 Å². The van der Waals surface area contributed by atoms with Crippen molar-refractivity contribution in [1.29, 1.82) is 0 Å². The molecule has 15 heavy (non-hydrogen) atoms. The molecule has 0 aromatic carbocycles. The number of rotatable bonds is 0. The molecular formula is C12H18N2O. The number of Topliss-reactive ketones (excluding diaryl/α,β-unsaturated/α-hetero) is 1. The number of hydrogen-bond acceptors (Lipinski definition) is 2. The van der Waals surface area contributed by atoms with Crippen molar-refractivity contribution in [2.75, 3.05) is 0 Å². The number of carbonyl (C=O) groups is 1. The molecule has 0 atom stereocenters. The van der Waals surface area contributed by atoms with E-state index in [1.807, 2.05) is 11.6 Å². The third-order valence-electron chi connectivity index (χ3n) is 2.89. The molecule has 0 saturated heterocycles. The average molecular weight is 206 g/mol. The summed E-state index contributed by atoms with van der Waals surface area (Å²) in [6.07, 6.45) is 2.63. The van der Waals surface area contributed by atoms with Crippen molar-refractivity contribution < 1.29 is 4.79 Å². The van der Waals surface area contributed by atoms with Gasteiger partial charge in [-0.25, -0.2) is 0 Å². The summed E-state index contributed by atoms with van der Waals surface area (Å²) >= 11 is 0. The highest BCUT2D eigenvalue weighted by molar-refractivity contribution is 5.99. The van der Waals surface area contributed by atoms with Gasteiger partial charge >= 0.3 is 0 Å². The predicted octanol–water partition coefficient (Wildman–Crippen LogP) is 2.47. The van der Waals surface area contributed by atoms with Crippen molar-refractivity contribution in [2.45, 2.75) is 52.5 Å². The maximum Gasteiger partial charge on any atom is 0.166 e. The molecule has 1 heterocycles. The molecule has 2 rings (SSSR count). The van der Waals surface area contributed by atoms with Crippen LogP contribution < -0.4 is 0 Å². The SMILES string of the molecule is Cc1nn(C(C)(C)C)c2c1C(=O)CCC2. The molecule has 0 fully saturated rings. The topological polar surface area (TPSA) is 34.9 Å². The quantitative estimate of drug-likeness (QED) is 0.653. The van der Waals surface area contributed by atoms with Gasteiger partial charge in [-0.05, 0) is 40.5 Å². The fourth-order valence-electron chi connectivity index (χ4n) is 2.26. The van der Waals surface area contributed by atoms with E-state index < -0.39 is 0 Å². The maximum absolute atomic E-state index is 11.8. The minimum atomic E-state index is -0.0318. The Balaban J connectivity index is 2.61. The predicted molar refractivity (Wildman–Crippen MR) is 59.2 cm³/mol. The van der Waals surface area contributed by atoms with Crippen LogP contribution in [0.5, 0.6) is 0 Å². The van der Waals surface area contributed by atoms with Crippen molar-refractivity contribution in [3.63, 3.8) is 0 Å². The summed E-state index contributed by atoms with van der Waals surface area (Å²) in [5.74, 6) is 0.268. The summed E-state index contributed by atoms with van der Waals surface area (Å²) in [5.41, 5.74) is 2.88. The molecule has 0 spiro atoms. The Morgan fingerprint density at radius 1 is 1.27 bits per heavy atom. The van der Waals surface area contributed by atoms with E-state index in [1.165, 1.54) is 0 Å². The number of aryl methyl sites for hydroxylation is 1. The molecule has 0 aliphatic heterocycles. The first-order chi connectivity index (χ1) is 6.91. The molecule has 3 heteroatoms. The molecule has 0 N–H and O–H groups in total. The average Bonchev–Trinajstić information content (AvgIpc) is 2.44. The van der Waals surface area contributed by atoms with Crippen molar-refractivity contribution in [3.05, 3.63) is 17.0 Å². The lowest BCUT2D eigenvalue weighted by Crippen LogP contribution is -2.27. The number of carbonyl (C=O) groups excluding carboxylic acids is 1. The van der Waals surface area contributed by atoms with E-state index >= 15 is 0 Å². The van der Waals surface area contributed by atoms with E-state index in [4.69, 9.17) is 0 Å². The number of aromatic nitrogens is 2. The van der Waals surface area contributed by atoms with Crippen molar-refractivity contribution in [2.24, 2.45) is 0 Å². The van der Waals surface area contributed by atoms with Crippen LogP contribution in [0.4, 0.5) is 0 Å². The second-order valence-corrected chi connectivity index (χ2v) is 5.27. The van der Waals surface area contributed by atoms with Gasteiger partial charge in [0.2, 0.25) is 0 Å². The van der Waals surface area contributed by atoms with Crippen LogP contribution in [0.3, 0.4) is 0 Å². The number of fused-ring (bicyclic) bond motifs is 1. The van der Waals surface area contributed by atoms with Gasteiger partial charge in [-0.3, -0.25) is 9.48 Å². The lowest BCUT2D eigenvalue weighted by molar-refractivity contribution is 0.0970. The highest BCUT2D eigenvalue weighted by Crippen LogP contribution is 2.28. The zero-order valence-electron chi connectivity index (χ0n) is 9.92. The smallest absolute Gasteiger partial charge is 0.166 e.